The maximum Gasteiger partial charge on any atom is 0.300 e. The Labute approximate surface area is 181 Å². The van der Waals surface area contributed by atoms with Crippen molar-refractivity contribution in [3.05, 3.63) is 95.1 Å². The van der Waals surface area contributed by atoms with Crippen molar-refractivity contribution in [2.24, 2.45) is 0 Å². The Morgan fingerprint density at radius 2 is 1.72 bits per heavy atom. The van der Waals surface area contributed by atoms with E-state index in [2.05, 4.69) is 0 Å². The van der Waals surface area contributed by atoms with E-state index < -0.39 is 35.1 Å². The molecule has 0 aliphatic carbocycles. The molecule has 6 nitrogen and oxygen atoms in total. The number of ether oxygens (including phenoxy) is 1. The third-order valence-corrected chi connectivity index (χ3v) is 5.15. The number of rotatable bonds is 4. The van der Waals surface area contributed by atoms with Crippen LogP contribution in [0.2, 0.25) is 0 Å². The molecule has 1 aliphatic heterocycles. The Bertz CT molecular complexity index is 1270. The van der Waals surface area contributed by atoms with Crippen molar-refractivity contribution < 1.29 is 33.3 Å². The minimum Gasteiger partial charge on any atom is -0.508 e. The fourth-order valence-corrected chi connectivity index (χ4v) is 3.67. The number of phenolic OH excluding ortho intramolecular Hbond substituents is 1. The van der Waals surface area contributed by atoms with Gasteiger partial charge < -0.3 is 14.9 Å². The van der Waals surface area contributed by atoms with Crippen LogP contribution in [0.15, 0.2) is 72.3 Å². The van der Waals surface area contributed by atoms with Crippen molar-refractivity contribution in [1.29, 1.82) is 0 Å². The van der Waals surface area contributed by atoms with Crippen LogP contribution >= 0.6 is 0 Å². The lowest BCUT2D eigenvalue weighted by molar-refractivity contribution is -0.132. The van der Waals surface area contributed by atoms with Gasteiger partial charge >= 0.3 is 0 Å². The highest BCUT2D eigenvalue weighted by Gasteiger charge is 2.47. The third-order valence-electron chi connectivity index (χ3n) is 5.15. The number of benzene rings is 3. The van der Waals surface area contributed by atoms with E-state index >= 15 is 0 Å². The van der Waals surface area contributed by atoms with Gasteiger partial charge in [0.15, 0.2) is 11.6 Å². The number of amides is 1. The maximum atomic E-state index is 13.9. The molecule has 1 heterocycles. The average Bonchev–Trinajstić information content (AvgIpc) is 3.06. The first-order valence-electron chi connectivity index (χ1n) is 9.51. The second-order valence-electron chi connectivity index (χ2n) is 7.09. The number of aliphatic hydroxyl groups excluding tert-OH is 1. The van der Waals surface area contributed by atoms with E-state index in [0.29, 0.717) is 11.3 Å². The van der Waals surface area contributed by atoms with E-state index in [4.69, 9.17) is 4.74 Å². The molecular formula is C24H17F2NO5. The van der Waals surface area contributed by atoms with E-state index in [-0.39, 0.29) is 22.6 Å². The fraction of sp³-hybridized carbons (Fsp3) is 0.0833. The summed E-state index contributed by atoms with van der Waals surface area (Å²) >= 11 is 0. The van der Waals surface area contributed by atoms with Gasteiger partial charge in [0.05, 0.1) is 18.7 Å². The van der Waals surface area contributed by atoms with Crippen LogP contribution in [0.25, 0.3) is 5.76 Å². The zero-order valence-electron chi connectivity index (χ0n) is 16.8. The van der Waals surface area contributed by atoms with Crippen LogP contribution in [-0.2, 0) is 9.59 Å². The summed E-state index contributed by atoms with van der Waals surface area (Å²) in [5, 5.41) is 21.0. The minimum absolute atomic E-state index is 0.0796. The van der Waals surface area contributed by atoms with Gasteiger partial charge in [0, 0.05) is 17.3 Å². The minimum atomic E-state index is -1.20. The monoisotopic (exact) mass is 437 g/mol. The zero-order chi connectivity index (χ0) is 23.0. The number of halogens is 2. The Morgan fingerprint density at radius 1 is 0.969 bits per heavy atom. The van der Waals surface area contributed by atoms with Gasteiger partial charge in [-0.2, -0.15) is 0 Å². The van der Waals surface area contributed by atoms with Crippen molar-refractivity contribution in [3.63, 3.8) is 0 Å². The molecular weight excluding hydrogens is 420 g/mol. The SMILES string of the molecule is COc1cccc(/C(O)=C2\C(=O)C(=O)N(c3ccc(F)c(F)c3)C2c2cccc(O)c2)c1. The highest BCUT2D eigenvalue weighted by atomic mass is 19.2. The molecule has 0 radical (unpaired) electrons. The van der Waals surface area contributed by atoms with E-state index in [1.54, 1.807) is 18.2 Å². The number of methoxy groups -OCH3 is 1. The van der Waals surface area contributed by atoms with Gasteiger partial charge in [-0.15, -0.1) is 0 Å². The molecule has 162 valence electrons. The van der Waals surface area contributed by atoms with Crippen molar-refractivity contribution in [2.75, 3.05) is 12.0 Å². The van der Waals surface area contributed by atoms with Gasteiger partial charge in [0.25, 0.3) is 11.7 Å². The standard InChI is InChI=1S/C24H17F2NO5/c1-32-17-7-3-5-14(11-17)22(29)20-21(13-4-2-6-16(28)10-13)27(24(31)23(20)30)15-8-9-18(25)19(26)12-15/h2-12,21,28-29H,1H3/b22-20+. The smallest absolute Gasteiger partial charge is 0.300 e. The molecule has 1 atom stereocenters. The molecule has 1 fully saturated rings. The normalized spacial score (nSPS) is 17.6. The number of phenols is 1. The topological polar surface area (TPSA) is 87.1 Å². The van der Waals surface area contributed by atoms with E-state index in [1.807, 2.05) is 0 Å². The second-order valence-corrected chi connectivity index (χ2v) is 7.09. The van der Waals surface area contributed by atoms with Crippen LogP contribution in [0.5, 0.6) is 11.5 Å². The number of carbonyl (C=O) groups is 2. The number of hydrogen-bond acceptors (Lipinski definition) is 5. The summed E-state index contributed by atoms with van der Waals surface area (Å²) in [6.45, 7) is 0. The Hall–Kier alpha value is -4.20. The van der Waals surface area contributed by atoms with Gasteiger partial charge in [-0.3, -0.25) is 14.5 Å². The summed E-state index contributed by atoms with van der Waals surface area (Å²) in [5.41, 5.74) is 0.166. The Kier molecular flexibility index (Phi) is 5.36. The van der Waals surface area contributed by atoms with Crippen molar-refractivity contribution in [1.82, 2.24) is 0 Å². The van der Waals surface area contributed by atoms with Crippen LogP contribution in [0.4, 0.5) is 14.5 Å². The molecule has 8 heteroatoms. The first-order valence-corrected chi connectivity index (χ1v) is 9.51. The van der Waals surface area contributed by atoms with Crippen LogP contribution in [-0.4, -0.2) is 29.0 Å². The molecule has 0 saturated carbocycles. The van der Waals surface area contributed by atoms with Gasteiger partial charge in [-0.05, 0) is 42.0 Å². The summed E-state index contributed by atoms with van der Waals surface area (Å²) in [6, 6.07) is 13.6. The molecule has 4 rings (SSSR count). The van der Waals surface area contributed by atoms with E-state index in [9.17, 15) is 28.6 Å². The molecule has 0 aromatic heterocycles. The summed E-state index contributed by atoms with van der Waals surface area (Å²) in [7, 11) is 1.44. The quantitative estimate of drug-likeness (QED) is 0.361. The molecule has 1 aliphatic rings. The van der Waals surface area contributed by atoms with Gasteiger partial charge in [-0.25, -0.2) is 8.78 Å². The summed E-state index contributed by atoms with van der Waals surface area (Å²) in [5.74, 6) is -4.56. The van der Waals surface area contributed by atoms with Gasteiger partial charge in [0.2, 0.25) is 0 Å². The first-order chi connectivity index (χ1) is 15.3. The molecule has 1 unspecified atom stereocenters. The van der Waals surface area contributed by atoms with Crippen LogP contribution < -0.4 is 9.64 Å². The van der Waals surface area contributed by atoms with Crippen LogP contribution in [0.3, 0.4) is 0 Å². The van der Waals surface area contributed by atoms with Crippen molar-refractivity contribution in [3.8, 4) is 11.5 Å². The van der Waals surface area contributed by atoms with Crippen LogP contribution in [0.1, 0.15) is 17.2 Å². The van der Waals surface area contributed by atoms with E-state index in [1.165, 1.54) is 37.4 Å². The Balaban J connectivity index is 1.96. The lowest BCUT2D eigenvalue weighted by Crippen LogP contribution is -2.29. The largest absolute Gasteiger partial charge is 0.508 e. The maximum absolute atomic E-state index is 13.9. The molecule has 0 spiro atoms. The van der Waals surface area contributed by atoms with Crippen molar-refractivity contribution >= 4 is 23.1 Å². The lowest BCUT2D eigenvalue weighted by atomic mass is 9.95. The predicted molar refractivity (Wildman–Crippen MR) is 112 cm³/mol. The summed E-state index contributed by atoms with van der Waals surface area (Å²) < 4.78 is 32.6. The second kappa shape index (κ2) is 8.14. The molecule has 32 heavy (non-hydrogen) atoms. The average molecular weight is 437 g/mol. The number of aliphatic hydroxyl groups is 1. The molecule has 0 bridgehead atoms. The number of hydrogen-bond donors (Lipinski definition) is 2. The molecule has 1 saturated heterocycles. The van der Waals surface area contributed by atoms with Gasteiger partial charge in [0.1, 0.15) is 17.3 Å². The van der Waals surface area contributed by atoms with Crippen molar-refractivity contribution in [2.45, 2.75) is 6.04 Å². The summed E-state index contributed by atoms with van der Waals surface area (Å²) in [6.07, 6.45) is 0. The number of nitrogens with zero attached hydrogens (tertiary/aromatic N) is 1. The fourth-order valence-electron chi connectivity index (χ4n) is 3.67. The molecule has 3 aromatic rings. The number of anilines is 1. The molecule has 2 N–H and O–H groups in total. The summed E-state index contributed by atoms with van der Waals surface area (Å²) in [4.78, 5) is 26.9. The van der Waals surface area contributed by atoms with Gasteiger partial charge in [-0.1, -0.05) is 24.3 Å². The first kappa shape index (κ1) is 21.0. The highest BCUT2D eigenvalue weighted by molar-refractivity contribution is 6.51. The van der Waals surface area contributed by atoms with Crippen LogP contribution in [0, 0.1) is 11.6 Å². The predicted octanol–water partition coefficient (Wildman–Crippen LogP) is 4.31. The molecule has 3 aromatic carbocycles. The molecule has 1 amide bonds. The highest BCUT2D eigenvalue weighted by Crippen LogP contribution is 2.43. The number of Topliss-reactive ketones (excluding diaryl/α,β-unsaturated/α-hetero) is 1. The zero-order valence-corrected chi connectivity index (χ0v) is 16.8. The van der Waals surface area contributed by atoms with E-state index in [0.717, 1.165) is 23.1 Å². The number of aromatic hydroxyl groups is 1. The number of carbonyl (C=O) groups excluding carboxylic acids is 2. The third kappa shape index (κ3) is 3.56. The number of ketones is 1. The lowest BCUT2D eigenvalue weighted by Gasteiger charge is -2.25. The Morgan fingerprint density at radius 3 is 2.41 bits per heavy atom.